The second-order valence-electron chi connectivity index (χ2n) is 6.03. The number of urea groups is 1. The molecule has 0 radical (unpaired) electrons. The molecule has 136 valence electrons. The first kappa shape index (κ1) is 18.8. The Balaban J connectivity index is 1.96. The van der Waals surface area contributed by atoms with Crippen molar-refractivity contribution in [2.45, 2.75) is 5.75 Å². The number of ether oxygens (including phenoxy) is 1. The predicted molar refractivity (Wildman–Crippen MR) is 103 cm³/mol. The van der Waals surface area contributed by atoms with Crippen LogP contribution in [0.15, 0.2) is 39.7 Å². The molecule has 0 saturated heterocycles. The van der Waals surface area contributed by atoms with Crippen LogP contribution < -0.4 is 0 Å². The zero-order valence-corrected chi connectivity index (χ0v) is 16.3. The third-order valence-electron chi connectivity index (χ3n) is 4.29. The van der Waals surface area contributed by atoms with Crippen LogP contribution in [0.3, 0.4) is 0 Å². The van der Waals surface area contributed by atoms with Crippen LogP contribution in [0.2, 0.25) is 5.02 Å². The number of thioether (sulfide) groups is 1. The zero-order valence-electron chi connectivity index (χ0n) is 14.7. The number of rotatable bonds is 5. The molecule has 1 atom stereocenters. The lowest BCUT2D eigenvalue weighted by Gasteiger charge is -2.28. The molecule has 0 fully saturated rings. The van der Waals surface area contributed by atoms with Crippen molar-refractivity contribution in [2.75, 3.05) is 27.8 Å². The highest BCUT2D eigenvalue weighted by atomic mass is 35.5. The van der Waals surface area contributed by atoms with E-state index in [0.29, 0.717) is 23.2 Å². The van der Waals surface area contributed by atoms with Crippen LogP contribution in [-0.2, 0) is 15.3 Å². The number of carbonyl (C=O) groups excluding carboxylic acids is 2. The first-order valence-corrected chi connectivity index (χ1v) is 9.35. The lowest BCUT2D eigenvalue weighted by molar-refractivity contribution is -0.407. The van der Waals surface area contributed by atoms with E-state index in [2.05, 4.69) is 4.99 Å². The van der Waals surface area contributed by atoms with E-state index in [-0.39, 0.29) is 11.9 Å². The fourth-order valence-corrected chi connectivity index (χ4v) is 4.19. The van der Waals surface area contributed by atoms with Crippen molar-refractivity contribution in [3.05, 3.63) is 45.3 Å². The monoisotopic (exact) mass is 392 g/mol. The molecule has 8 heteroatoms. The van der Waals surface area contributed by atoms with E-state index >= 15 is 0 Å². The molecule has 0 bridgehead atoms. The third-order valence-corrected chi connectivity index (χ3v) is 5.83. The number of benzene rings is 1. The molecule has 1 unspecified atom stereocenters. The van der Waals surface area contributed by atoms with Crippen LogP contribution >= 0.6 is 23.4 Å². The first-order chi connectivity index (χ1) is 12.4. The molecular weight excluding hydrogens is 374 g/mol. The quantitative estimate of drug-likeness (QED) is 0.723. The summed E-state index contributed by atoms with van der Waals surface area (Å²) in [7, 11) is 4.73. The van der Waals surface area contributed by atoms with Crippen molar-refractivity contribution in [3.8, 4) is 0 Å². The third kappa shape index (κ3) is 3.47. The summed E-state index contributed by atoms with van der Waals surface area (Å²) in [6, 6.07) is 7.22. The fraction of sp³-hybridized carbons (Fsp3) is 0.333. The molecule has 0 N–H and O–H groups in total. The van der Waals surface area contributed by atoms with E-state index in [1.165, 1.54) is 11.6 Å². The summed E-state index contributed by atoms with van der Waals surface area (Å²) in [4.78, 5) is 31.4. The maximum atomic E-state index is 12.8. The average molecular weight is 393 g/mol. The SMILES string of the molecule is COCC1=C(SCc2ccc(Cl)cc2)C2C(=O)N(C)C(=O)[N+](C)=C2N=C1. The predicted octanol–water partition coefficient (Wildman–Crippen LogP) is 2.81. The van der Waals surface area contributed by atoms with E-state index < -0.39 is 5.92 Å². The van der Waals surface area contributed by atoms with E-state index in [9.17, 15) is 9.59 Å². The number of hydrogen-bond acceptors (Lipinski definition) is 5. The summed E-state index contributed by atoms with van der Waals surface area (Å²) in [5, 5.41) is 0.683. The topological polar surface area (TPSA) is 62.0 Å². The van der Waals surface area contributed by atoms with Crippen LogP contribution in [0.25, 0.3) is 0 Å². The molecule has 0 aliphatic carbocycles. The summed E-state index contributed by atoms with van der Waals surface area (Å²) in [6.45, 7) is 0.352. The summed E-state index contributed by atoms with van der Waals surface area (Å²) in [6.07, 6.45) is 1.68. The van der Waals surface area contributed by atoms with Crippen LogP contribution in [0.5, 0.6) is 0 Å². The van der Waals surface area contributed by atoms with Crippen molar-refractivity contribution < 1.29 is 18.9 Å². The lowest BCUT2D eigenvalue weighted by Crippen LogP contribution is -2.52. The van der Waals surface area contributed by atoms with Crippen molar-refractivity contribution in [2.24, 2.45) is 10.9 Å². The Bertz CT molecular complexity index is 846. The van der Waals surface area contributed by atoms with Gasteiger partial charge in [0, 0.05) is 28.4 Å². The number of hydrogen-bond donors (Lipinski definition) is 0. The van der Waals surface area contributed by atoms with Crippen molar-refractivity contribution >= 4 is 47.4 Å². The summed E-state index contributed by atoms with van der Waals surface area (Å²) in [5.74, 6) is 0.269. The fourth-order valence-electron chi connectivity index (χ4n) is 2.88. The van der Waals surface area contributed by atoms with Gasteiger partial charge in [-0.05, 0) is 17.7 Å². The van der Waals surface area contributed by atoms with Gasteiger partial charge in [0.15, 0.2) is 5.92 Å². The van der Waals surface area contributed by atoms with E-state index in [1.54, 1.807) is 32.1 Å². The Morgan fingerprint density at radius 1 is 1.31 bits per heavy atom. The summed E-state index contributed by atoms with van der Waals surface area (Å²) >= 11 is 7.50. The standard InChI is InChI=1S/C18H19ClN3O3S/c1-21-16-14(17(23)22(2)18(21)24)15(12(8-20-16)9-25-3)26-10-11-4-6-13(19)7-5-11/h4-8,14H,9-10H2,1-3H3/q+1. The Morgan fingerprint density at radius 3 is 2.65 bits per heavy atom. The Hall–Kier alpha value is -1.96. The molecule has 1 aromatic carbocycles. The molecule has 2 heterocycles. The number of imide groups is 1. The van der Waals surface area contributed by atoms with Gasteiger partial charge in [-0.25, -0.2) is 4.79 Å². The number of fused-ring (bicyclic) bond motifs is 1. The van der Waals surface area contributed by atoms with Gasteiger partial charge in [0.2, 0.25) is 0 Å². The number of dihydropyridines is 1. The highest BCUT2D eigenvalue weighted by Crippen LogP contribution is 2.36. The molecule has 1 aromatic rings. The molecular formula is C18H19ClN3O3S+. The number of carbonyl (C=O) groups is 2. The molecule has 2 aliphatic rings. The second-order valence-corrected chi connectivity index (χ2v) is 7.48. The van der Waals surface area contributed by atoms with Gasteiger partial charge in [-0.1, -0.05) is 23.7 Å². The normalized spacial score (nSPS) is 20.2. The molecule has 3 amide bonds. The van der Waals surface area contributed by atoms with Gasteiger partial charge >= 0.3 is 11.9 Å². The first-order valence-electron chi connectivity index (χ1n) is 7.99. The van der Waals surface area contributed by atoms with Gasteiger partial charge in [0.25, 0.3) is 5.84 Å². The van der Waals surface area contributed by atoms with Crippen LogP contribution in [0.4, 0.5) is 4.79 Å². The molecule has 0 aromatic heterocycles. The van der Waals surface area contributed by atoms with Gasteiger partial charge in [0.05, 0.1) is 20.7 Å². The lowest BCUT2D eigenvalue weighted by atomic mass is 9.98. The van der Waals surface area contributed by atoms with Crippen molar-refractivity contribution in [1.29, 1.82) is 0 Å². The van der Waals surface area contributed by atoms with Crippen molar-refractivity contribution in [1.82, 2.24) is 4.90 Å². The van der Waals surface area contributed by atoms with Crippen LogP contribution in [-0.4, -0.2) is 61.3 Å². The largest absolute Gasteiger partial charge is 0.445 e. The number of halogens is 1. The number of aliphatic imine (C=N–C) groups is 1. The summed E-state index contributed by atoms with van der Waals surface area (Å²) < 4.78 is 6.70. The van der Waals surface area contributed by atoms with Crippen molar-refractivity contribution in [3.63, 3.8) is 0 Å². The van der Waals surface area contributed by atoms with E-state index in [1.807, 2.05) is 24.3 Å². The molecule has 0 spiro atoms. The highest BCUT2D eigenvalue weighted by molar-refractivity contribution is 8.02. The number of amidine groups is 1. The van der Waals surface area contributed by atoms with Crippen LogP contribution in [0.1, 0.15) is 5.56 Å². The molecule has 6 nitrogen and oxygen atoms in total. The summed E-state index contributed by atoms with van der Waals surface area (Å²) in [5.41, 5.74) is 1.94. The maximum Gasteiger partial charge on any atom is 0.445 e. The smallest absolute Gasteiger partial charge is 0.380 e. The van der Waals surface area contributed by atoms with E-state index in [4.69, 9.17) is 16.3 Å². The Morgan fingerprint density at radius 2 is 2.00 bits per heavy atom. The number of amides is 3. The Kier molecular flexibility index (Phi) is 5.60. The minimum atomic E-state index is -0.588. The van der Waals surface area contributed by atoms with Gasteiger partial charge < -0.3 is 4.74 Å². The highest BCUT2D eigenvalue weighted by Gasteiger charge is 2.48. The molecule has 3 rings (SSSR count). The zero-order chi connectivity index (χ0) is 18.8. The number of methoxy groups -OCH3 is 1. The molecule has 2 aliphatic heterocycles. The molecule has 26 heavy (non-hydrogen) atoms. The van der Waals surface area contributed by atoms with Gasteiger partial charge in [-0.2, -0.15) is 9.48 Å². The van der Waals surface area contributed by atoms with Gasteiger partial charge in [-0.3, -0.25) is 4.79 Å². The van der Waals surface area contributed by atoms with E-state index in [0.717, 1.165) is 20.9 Å². The average Bonchev–Trinajstić information content (AvgIpc) is 2.64. The second kappa shape index (κ2) is 7.73. The van der Waals surface area contributed by atoms with Crippen LogP contribution in [0, 0.1) is 5.92 Å². The van der Waals surface area contributed by atoms with Gasteiger partial charge in [0.1, 0.15) is 6.21 Å². The molecule has 0 saturated carbocycles. The van der Waals surface area contributed by atoms with Gasteiger partial charge in [-0.15, -0.1) is 16.8 Å². The number of nitrogens with zero attached hydrogens (tertiary/aromatic N) is 3. The maximum absolute atomic E-state index is 12.8. The minimum absolute atomic E-state index is 0.271. The minimum Gasteiger partial charge on any atom is -0.380 e. The Labute approximate surface area is 161 Å².